The Kier molecular flexibility index (Phi) is 4.46. The van der Waals surface area contributed by atoms with Gasteiger partial charge in [-0.15, -0.1) is 0 Å². The molecule has 21 heavy (non-hydrogen) atoms. The maximum Gasteiger partial charge on any atom is 0.339 e. The Morgan fingerprint density at radius 1 is 1.14 bits per heavy atom. The maximum atomic E-state index is 11.3. The van der Waals surface area contributed by atoms with Crippen LogP contribution in [0.3, 0.4) is 0 Å². The summed E-state index contributed by atoms with van der Waals surface area (Å²) in [4.78, 5) is 11.3. The number of carbonyl (C=O) groups is 1. The first-order chi connectivity index (χ1) is 10.1. The molecule has 0 saturated carbocycles. The minimum atomic E-state index is -1.12. The van der Waals surface area contributed by atoms with Gasteiger partial charge in [-0.1, -0.05) is 24.3 Å². The van der Waals surface area contributed by atoms with Crippen molar-refractivity contribution in [3.63, 3.8) is 0 Å². The van der Waals surface area contributed by atoms with Crippen molar-refractivity contribution in [3.8, 4) is 17.2 Å². The Morgan fingerprint density at radius 3 is 2.57 bits per heavy atom. The van der Waals surface area contributed by atoms with E-state index < -0.39 is 5.97 Å². The topological polar surface area (TPSA) is 76.0 Å². The third kappa shape index (κ3) is 3.54. The van der Waals surface area contributed by atoms with E-state index in [2.05, 4.69) is 0 Å². The van der Waals surface area contributed by atoms with Crippen LogP contribution >= 0.6 is 0 Å². The molecule has 0 atom stereocenters. The molecule has 0 heterocycles. The van der Waals surface area contributed by atoms with Gasteiger partial charge in [0.1, 0.15) is 22.8 Å². The van der Waals surface area contributed by atoms with Crippen molar-refractivity contribution in [2.24, 2.45) is 0 Å². The summed E-state index contributed by atoms with van der Waals surface area (Å²) >= 11 is 0. The van der Waals surface area contributed by atoms with E-state index in [-0.39, 0.29) is 11.3 Å². The minimum Gasteiger partial charge on any atom is -0.508 e. The number of ether oxygens (including phenoxy) is 2. The van der Waals surface area contributed by atoms with Crippen LogP contribution in [-0.2, 0) is 9.53 Å². The lowest BCUT2D eigenvalue weighted by atomic mass is 10.1. The SMILES string of the molecule is CO/C=C(\C(=O)O)c1ccccc1Oc1cccc(O)c1. The smallest absolute Gasteiger partial charge is 0.339 e. The number of rotatable bonds is 5. The average molecular weight is 286 g/mol. The Balaban J connectivity index is 2.41. The number of phenols is 1. The fraction of sp³-hybridized carbons (Fsp3) is 0.0625. The number of para-hydroxylation sites is 1. The number of methoxy groups -OCH3 is 1. The molecule has 2 aromatic carbocycles. The van der Waals surface area contributed by atoms with E-state index in [0.717, 1.165) is 6.26 Å². The molecule has 0 amide bonds. The Bertz CT molecular complexity index is 676. The number of hydrogen-bond donors (Lipinski definition) is 2. The lowest BCUT2D eigenvalue weighted by Crippen LogP contribution is -2.02. The van der Waals surface area contributed by atoms with Gasteiger partial charge >= 0.3 is 5.97 Å². The number of aromatic hydroxyl groups is 1. The van der Waals surface area contributed by atoms with Crippen LogP contribution in [-0.4, -0.2) is 23.3 Å². The molecule has 108 valence electrons. The van der Waals surface area contributed by atoms with Crippen molar-refractivity contribution in [2.45, 2.75) is 0 Å². The molecule has 0 aliphatic heterocycles. The van der Waals surface area contributed by atoms with Gasteiger partial charge in [-0.05, 0) is 18.2 Å². The Hall–Kier alpha value is -2.95. The van der Waals surface area contributed by atoms with Gasteiger partial charge in [-0.25, -0.2) is 4.79 Å². The van der Waals surface area contributed by atoms with Gasteiger partial charge in [0.05, 0.1) is 13.4 Å². The quantitative estimate of drug-likeness (QED) is 0.651. The summed E-state index contributed by atoms with van der Waals surface area (Å²) in [6.07, 6.45) is 1.15. The number of phenolic OH excluding ortho intramolecular Hbond substituents is 1. The zero-order valence-corrected chi connectivity index (χ0v) is 11.3. The van der Waals surface area contributed by atoms with Gasteiger partial charge in [0, 0.05) is 11.6 Å². The minimum absolute atomic E-state index is 0.0201. The number of carboxylic acids is 1. The predicted octanol–water partition coefficient (Wildman–Crippen LogP) is 3.26. The van der Waals surface area contributed by atoms with Gasteiger partial charge in [0.2, 0.25) is 0 Å². The highest BCUT2D eigenvalue weighted by atomic mass is 16.5. The van der Waals surface area contributed by atoms with Gasteiger partial charge in [-0.3, -0.25) is 0 Å². The van der Waals surface area contributed by atoms with Crippen LogP contribution in [0.1, 0.15) is 5.56 Å². The normalized spacial score (nSPS) is 11.0. The Morgan fingerprint density at radius 2 is 1.90 bits per heavy atom. The third-order valence-electron chi connectivity index (χ3n) is 2.69. The van der Waals surface area contributed by atoms with E-state index in [1.54, 1.807) is 36.4 Å². The van der Waals surface area contributed by atoms with Crippen molar-refractivity contribution >= 4 is 11.5 Å². The molecule has 0 bridgehead atoms. The molecule has 5 heteroatoms. The third-order valence-corrected chi connectivity index (χ3v) is 2.69. The zero-order chi connectivity index (χ0) is 15.2. The second-order valence-corrected chi connectivity index (χ2v) is 4.17. The highest BCUT2D eigenvalue weighted by molar-refractivity contribution is 6.15. The summed E-state index contributed by atoms with van der Waals surface area (Å²) in [5.74, 6) is -0.293. The van der Waals surface area contributed by atoms with Crippen LogP contribution in [0.15, 0.2) is 54.8 Å². The van der Waals surface area contributed by atoms with Crippen LogP contribution in [0.25, 0.3) is 5.57 Å². The van der Waals surface area contributed by atoms with Crippen LogP contribution in [0.2, 0.25) is 0 Å². The van der Waals surface area contributed by atoms with E-state index in [1.807, 2.05) is 0 Å². The molecule has 5 nitrogen and oxygen atoms in total. The highest BCUT2D eigenvalue weighted by Crippen LogP contribution is 2.31. The first kappa shape index (κ1) is 14.5. The summed E-state index contributed by atoms with van der Waals surface area (Å²) in [7, 11) is 1.38. The van der Waals surface area contributed by atoms with Crippen LogP contribution in [0, 0.1) is 0 Å². The fourth-order valence-corrected chi connectivity index (χ4v) is 1.80. The summed E-state index contributed by atoms with van der Waals surface area (Å²) in [6, 6.07) is 13.0. The van der Waals surface area contributed by atoms with Crippen LogP contribution < -0.4 is 4.74 Å². The largest absolute Gasteiger partial charge is 0.508 e. The zero-order valence-electron chi connectivity index (χ0n) is 11.3. The first-order valence-corrected chi connectivity index (χ1v) is 6.14. The number of carboxylic acid groups (broad SMARTS) is 1. The second kappa shape index (κ2) is 6.47. The maximum absolute atomic E-state index is 11.3. The lowest BCUT2D eigenvalue weighted by molar-refractivity contribution is -0.130. The molecule has 0 fully saturated rings. The first-order valence-electron chi connectivity index (χ1n) is 6.14. The molecule has 2 aromatic rings. The number of hydrogen-bond acceptors (Lipinski definition) is 4. The molecule has 0 aromatic heterocycles. The number of aliphatic carboxylic acids is 1. The fourth-order valence-electron chi connectivity index (χ4n) is 1.80. The molecular weight excluding hydrogens is 272 g/mol. The highest BCUT2D eigenvalue weighted by Gasteiger charge is 2.16. The second-order valence-electron chi connectivity index (χ2n) is 4.17. The monoisotopic (exact) mass is 286 g/mol. The average Bonchev–Trinajstić information content (AvgIpc) is 2.45. The molecular formula is C16H14O5. The van der Waals surface area contributed by atoms with E-state index >= 15 is 0 Å². The van der Waals surface area contributed by atoms with Crippen molar-refractivity contribution in [1.29, 1.82) is 0 Å². The lowest BCUT2D eigenvalue weighted by Gasteiger charge is -2.11. The van der Waals surface area contributed by atoms with Crippen molar-refractivity contribution in [2.75, 3.05) is 7.11 Å². The van der Waals surface area contributed by atoms with Gasteiger partial charge in [-0.2, -0.15) is 0 Å². The number of benzene rings is 2. The van der Waals surface area contributed by atoms with E-state index in [4.69, 9.17) is 9.47 Å². The summed E-state index contributed by atoms with van der Waals surface area (Å²) in [5.41, 5.74) is 0.364. The van der Waals surface area contributed by atoms with Crippen LogP contribution in [0.5, 0.6) is 17.2 Å². The van der Waals surface area contributed by atoms with E-state index in [0.29, 0.717) is 17.1 Å². The standard InChI is InChI=1S/C16H14O5/c1-20-10-14(16(18)19)13-7-2-3-8-15(13)21-12-6-4-5-11(17)9-12/h2-10,17H,1H3,(H,18,19)/b14-10-. The molecule has 0 saturated heterocycles. The van der Waals surface area contributed by atoms with Crippen molar-refractivity contribution in [1.82, 2.24) is 0 Å². The molecule has 2 rings (SSSR count). The molecule has 0 spiro atoms. The van der Waals surface area contributed by atoms with E-state index in [9.17, 15) is 15.0 Å². The molecule has 0 unspecified atom stereocenters. The Labute approximate surface area is 121 Å². The van der Waals surface area contributed by atoms with Gasteiger partial charge in [0.25, 0.3) is 0 Å². The van der Waals surface area contributed by atoms with Gasteiger partial charge < -0.3 is 19.7 Å². The molecule has 2 N–H and O–H groups in total. The molecule has 0 aliphatic carbocycles. The predicted molar refractivity (Wildman–Crippen MR) is 77.2 cm³/mol. The van der Waals surface area contributed by atoms with Gasteiger partial charge in [0.15, 0.2) is 0 Å². The van der Waals surface area contributed by atoms with Crippen molar-refractivity contribution < 1.29 is 24.5 Å². The van der Waals surface area contributed by atoms with E-state index in [1.165, 1.54) is 19.2 Å². The summed E-state index contributed by atoms with van der Waals surface area (Å²) in [5, 5.41) is 18.7. The summed E-state index contributed by atoms with van der Waals surface area (Å²) < 4.78 is 10.5. The van der Waals surface area contributed by atoms with Crippen molar-refractivity contribution in [3.05, 3.63) is 60.4 Å². The summed E-state index contributed by atoms with van der Waals surface area (Å²) in [6.45, 7) is 0. The molecule has 0 radical (unpaired) electrons. The van der Waals surface area contributed by atoms with Crippen LogP contribution in [0.4, 0.5) is 0 Å². The molecule has 0 aliphatic rings.